The number of fused-ring (bicyclic) bond motifs is 4. The molecule has 2 amide bonds. The van der Waals surface area contributed by atoms with Gasteiger partial charge in [-0.25, -0.2) is 9.78 Å². The number of likely N-dealkylation sites (tertiary alicyclic amines) is 1. The molecule has 2 aromatic heterocycles. The summed E-state index contributed by atoms with van der Waals surface area (Å²) in [7, 11) is 0. The van der Waals surface area contributed by atoms with E-state index in [0.29, 0.717) is 38.8 Å². The molecule has 0 atom stereocenters. The minimum Gasteiger partial charge on any atom is -0.444 e. The summed E-state index contributed by atoms with van der Waals surface area (Å²) in [6.07, 6.45) is 2.35. The second-order valence-corrected chi connectivity index (χ2v) is 12.7. The van der Waals surface area contributed by atoms with Gasteiger partial charge in [-0.3, -0.25) is 9.78 Å². The van der Waals surface area contributed by atoms with E-state index in [1.165, 1.54) is 11.1 Å². The highest BCUT2D eigenvalue weighted by Gasteiger charge is 2.29. The molecule has 0 spiro atoms. The highest BCUT2D eigenvalue weighted by atomic mass is 32.1. The van der Waals surface area contributed by atoms with Gasteiger partial charge in [0.1, 0.15) is 5.60 Å². The van der Waals surface area contributed by atoms with Crippen molar-refractivity contribution in [3.8, 4) is 0 Å². The van der Waals surface area contributed by atoms with Crippen molar-refractivity contribution in [2.45, 2.75) is 85.7 Å². The number of aryl methyl sites for hydroxylation is 1. The highest BCUT2D eigenvalue weighted by molar-refractivity contribution is 7.18. The van der Waals surface area contributed by atoms with Gasteiger partial charge in [-0.15, -0.1) is 11.3 Å². The van der Waals surface area contributed by atoms with Gasteiger partial charge in [0.2, 0.25) is 6.41 Å². The fraction of sp³-hybridized carbons (Fsp3) is 0.455. The molecule has 8 nitrogen and oxygen atoms in total. The second kappa shape index (κ2) is 12.4. The summed E-state index contributed by atoms with van der Waals surface area (Å²) >= 11 is 1.70. The van der Waals surface area contributed by atoms with Crippen molar-refractivity contribution in [3.05, 3.63) is 63.8 Å². The van der Waals surface area contributed by atoms with Gasteiger partial charge < -0.3 is 19.3 Å². The maximum atomic E-state index is 12.4. The van der Waals surface area contributed by atoms with Crippen molar-refractivity contribution in [2.24, 2.45) is 0 Å². The van der Waals surface area contributed by atoms with Crippen molar-refractivity contribution >= 4 is 50.6 Å². The van der Waals surface area contributed by atoms with Crippen LogP contribution in [0.1, 0.15) is 80.8 Å². The molecule has 42 heavy (non-hydrogen) atoms. The molecule has 0 aliphatic carbocycles. The summed E-state index contributed by atoms with van der Waals surface area (Å²) in [5.41, 5.74) is 6.58. The molecule has 4 heterocycles. The number of amides is 2. The third-order valence-corrected chi connectivity index (χ3v) is 8.86. The van der Waals surface area contributed by atoms with Crippen LogP contribution in [0.3, 0.4) is 0 Å². The third kappa shape index (κ3) is 6.27. The molecule has 9 heteroatoms. The van der Waals surface area contributed by atoms with E-state index in [9.17, 15) is 9.59 Å². The maximum absolute atomic E-state index is 12.4. The van der Waals surface area contributed by atoms with Gasteiger partial charge in [0.15, 0.2) is 0 Å². The lowest BCUT2D eigenvalue weighted by Gasteiger charge is -2.32. The predicted molar refractivity (Wildman–Crippen MR) is 168 cm³/mol. The molecule has 6 rings (SSSR count). The van der Waals surface area contributed by atoms with E-state index >= 15 is 0 Å². The predicted octanol–water partition coefficient (Wildman–Crippen LogP) is 7.49. The van der Waals surface area contributed by atoms with Gasteiger partial charge >= 0.3 is 6.09 Å². The van der Waals surface area contributed by atoms with E-state index in [1.54, 1.807) is 21.1 Å². The molecular weight excluding hydrogens is 548 g/mol. The molecule has 2 aliphatic heterocycles. The summed E-state index contributed by atoms with van der Waals surface area (Å²) < 4.78 is 12.3. The Morgan fingerprint density at radius 1 is 1.07 bits per heavy atom. The van der Waals surface area contributed by atoms with E-state index in [4.69, 9.17) is 19.4 Å². The van der Waals surface area contributed by atoms with E-state index < -0.39 is 5.60 Å². The number of pyridine rings is 1. The fourth-order valence-corrected chi connectivity index (χ4v) is 6.69. The zero-order valence-corrected chi connectivity index (χ0v) is 26.2. The number of anilines is 1. The van der Waals surface area contributed by atoms with E-state index in [1.807, 2.05) is 59.7 Å². The van der Waals surface area contributed by atoms with Crippen LogP contribution in [-0.4, -0.2) is 46.1 Å². The number of hydrogen-bond donors (Lipinski definition) is 0. The number of nitrogens with zero attached hydrogens (tertiary/aromatic N) is 4. The van der Waals surface area contributed by atoms with Crippen LogP contribution in [0.4, 0.5) is 10.5 Å². The molecule has 1 fully saturated rings. The van der Waals surface area contributed by atoms with Gasteiger partial charge in [0.25, 0.3) is 0 Å². The van der Waals surface area contributed by atoms with Crippen molar-refractivity contribution in [1.29, 1.82) is 0 Å². The van der Waals surface area contributed by atoms with E-state index in [-0.39, 0.29) is 6.09 Å². The Balaban J connectivity index is 0.00000173. The Bertz CT molecular complexity index is 1600. The number of piperidine rings is 1. The number of carbonyl (C=O) groups excluding carboxylic acids is 2. The van der Waals surface area contributed by atoms with Gasteiger partial charge in [-0.1, -0.05) is 26.0 Å². The molecule has 2 aromatic carbocycles. The van der Waals surface area contributed by atoms with Crippen LogP contribution >= 0.6 is 11.3 Å². The molecule has 0 bridgehead atoms. The van der Waals surface area contributed by atoms with Crippen LogP contribution in [0, 0.1) is 6.92 Å². The lowest BCUT2D eigenvalue weighted by Crippen LogP contribution is -2.41. The molecule has 1 saturated heterocycles. The molecule has 4 aromatic rings. The number of aromatic nitrogens is 2. The standard InChI is InChI=1S/C31H34N4O4S.C2H6/c1-19-24-16-38-17-25(24)23-7-5-20(13-26(23)32-19)15-35(18-36)22-6-8-28-27(14-22)33-29(40-28)21-9-11-34(12-10-21)30(37)39-31(2,3)4;1-2/h5-8,13-14,18,21H,9-12,15-17H2,1-4H3;1-2H3. The summed E-state index contributed by atoms with van der Waals surface area (Å²) in [6.45, 7) is 14.7. The molecule has 0 radical (unpaired) electrons. The SMILES string of the molecule is CC.Cc1nc2cc(CN(C=O)c3ccc4sc(C5CCN(C(=O)OC(C)(C)C)CC5)nc4c3)ccc2c2c1COC2. The first-order valence-corrected chi connectivity index (χ1v) is 15.6. The number of carbonyl (C=O) groups is 2. The van der Waals surface area contributed by atoms with Crippen molar-refractivity contribution in [3.63, 3.8) is 0 Å². The number of hydrogen-bond acceptors (Lipinski definition) is 7. The van der Waals surface area contributed by atoms with E-state index in [0.717, 1.165) is 62.3 Å². The molecule has 0 N–H and O–H groups in total. The van der Waals surface area contributed by atoms with Crippen molar-refractivity contribution in [2.75, 3.05) is 18.0 Å². The molecular formula is C33H40N4O4S. The van der Waals surface area contributed by atoms with Gasteiger partial charge in [0.05, 0.1) is 40.5 Å². The number of rotatable bonds is 5. The van der Waals surface area contributed by atoms with Crippen molar-refractivity contribution in [1.82, 2.24) is 14.9 Å². The number of ether oxygens (including phenoxy) is 2. The average Bonchev–Trinajstić information content (AvgIpc) is 3.64. The largest absolute Gasteiger partial charge is 0.444 e. The van der Waals surface area contributed by atoms with Crippen LogP contribution in [0.15, 0.2) is 36.4 Å². The topological polar surface area (TPSA) is 84.9 Å². The van der Waals surface area contributed by atoms with Gasteiger partial charge in [-0.2, -0.15) is 0 Å². The first-order chi connectivity index (χ1) is 20.2. The molecule has 222 valence electrons. The Kier molecular flexibility index (Phi) is 8.80. The van der Waals surface area contributed by atoms with Crippen molar-refractivity contribution < 1.29 is 19.1 Å². The molecule has 0 unspecified atom stereocenters. The zero-order chi connectivity index (χ0) is 30.0. The van der Waals surface area contributed by atoms with Gasteiger partial charge in [-0.05, 0) is 75.9 Å². The lowest BCUT2D eigenvalue weighted by molar-refractivity contribution is -0.107. The van der Waals surface area contributed by atoms with E-state index in [2.05, 4.69) is 18.2 Å². The quantitative estimate of drug-likeness (QED) is 0.225. The average molecular weight is 589 g/mol. The maximum Gasteiger partial charge on any atom is 0.410 e. The van der Waals surface area contributed by atoms with Crippen LogP contribution in [0.2, 0.25) is 0 Å². The first-order valence-electron chi connectivity index (χ1n) is 14.8. The number of benzene rings is 2. The zero-order valence-electron chi connectivity index (χ0n) is 25.4. The first kappa shape index (κ1) is 29.9. The molecule has 0 saturated carbocycles. The van der Waals surface area contributed by atoms with Crippen LogP contribution < -0.4 is 4.90 Å². The minimum atomic E-state index is -0.492. The Labute approximate surface area is 251 Å². The lowest BCUT2D eigenvalue weighted by atomic mass is 9.98. The van der Waals surface area contributed by atoms with Crippen LogP contribution in [0.5, 0.6) is 0 Å². The normalized spacial score (nSPS) is 15.3. The van der Waals surface area contributed by atoms with Crippen LogP contribution in [0.25, 0.3) is 21.1 Å². The highest BCUT2D eigenvalue weighted by Crippen LogP contribution is 2.36. The number of thiazole rings is 1. The Morgan fingerprint density at radius 3 is 2.52 bits per heavy atom. The summed E-state index contributed by atoms with van der Waals surface area (Å²) in [6, 6.07) is 12.3. The second-order valence-electron chi connectivity index (χ2n) is 11.7. The third-order valence-electron chi connectivity index (χ3n) is 7.66. The Hall–Kier alpha value is -3.56. The van der Waals surface area contributed by atoms with Crippen LogP contribution in [-0.2, 0) is 34.0 Å². The fourth-order valence-electron chi connectivity index (χ4n) is 5.57. The van der Waals surface area contributed by atoms with Gasteiger partial charge in [0, 0.05) is 41.3 Å². The minimum absolute atomic E-state index is 0.246. The summed E-state index contributed by atoms with van der Waals surface area (Å²) in [5, 5.41) is 2.20. The summed E-state index contributed by atoms with van der Waals surface area (Å²) in [4.78, 5) is 37.9. The molecule has 2 aliphatic rings. The monoisotopic (exact) mass is 588 g/mol. The summed E-state index contributed by atoms with van der Waals surface area (Å²) in [5.74, 6) is 0.308. The smallest absolute Gasteiger partial charge is 0.410 e. The Morgan fingerprint density at radius 2 is 1.81 bits per heavy atom.